The molecule has 1 aromatic rings. The fourth-order valence-electron chi connectivity index (χ4n) is 3.08. The molecule has 1 unspecified atom stereocenters. The third-order valence-electron chi connectivity index (χ3n) is 4.96. The fraction of sp³-hybridized carbons (Fsp3) is 0.727. The van der Waals surface area contributed by atoms with Gasteiger partial charge in [0, 0.05) is 10.5 Å². The Morgan fingerprint density at radius 3 is 1.88 bits per heavy atom. The van der Waals surface area contributed by atoms with Crippen LogP contribution in [0.1, 0.15) is 91.4 Å². The van der Waals surface area contributed by atoms with Crippen LogP contribution in [0.2, 0.25) is 0 Å². The van der Waals surface area contributed by atoms with Gasteiger partial charge in [0.15, 0.2) is 0 Å². The van der Waals surface area contributed by atoms with E-state index in [2.05, 4.69) is 36.7 Å². The Balaban J connectivity index is 2.12. The van der Waals surface area contributed by atoms with E-state index in [1.165, 1.54) is 64.2 Å². The van der Waals surface area contributed by atoms with Crippen molar-refractivity contribution in [3.8, 4) is 5.75 Å². The second kappa shape index (κ2) is 12.8. The summed E-state index contributed by atoms with van der Waals surface area (Å²) in [4.78, 5) is 0. The van der Waals surface area contributed by atoms with E-state index in [0.717, 1.165) is 16.6 Å². The summed E-state index contributed by atoms with van der Waals surface area (Å²) >= 11 is 3.45. The molecule has 0 fully saturated rings. The Hall–Kier alpha value is -0.540. The number of unbranched alkanes of at least 4 members (excludes halogenated alkanes) is 9. The van der Waals surface area contributed by atoms with E-state index in [1.807, 2.05) is 24.3 Å². The number of ether oxygens (including phenoxy) is 1. The molecule has 3 heteroatoms. The zero-order chi connectivity index (χ0) is 18.5. The van der Waals surface area contributed by atoms with Gasteiger partial charge in [-0.25, -0.2) is 0 Å². The predicted octanol–water partition coefficient (Wildman–Crippen LogP) is 7.24. The van der Waals surface area contributed by atoms with E-state index >= 15 is 0 Å². The van der Waals surface area contributed by atoms with Crippen molar-refractivity contribution in [2.75, 3.05) is 0 Å². The Bertz CT molecular complexity index is 444. The van der Waals surface area contributed by atoms with Crippen LogP contribution in [0.5, 0.6) is 5.75 Å². The van der Waals surface area contributed by atoms with Crippen molar-refractivity contribution >= 4 is 15.9 Å². The first kappa shape index (κ1) is 22.5. The number of nitrogens with two attached hydrogens (primary N) is 1. The van der Waals surface area contributed by atoms with Crippen LogP contribution in [0.3, 0.4) is 0 Å². The van der Waals surface area contributed by atoms with Crippen LogP contribution >= 0.6 is 15.9 Å². The zero-order valence-electron chi connectivity index (χ0n) is 16.5. The highest BCUT2D eigenvalue weighted by Crippen LogP contribution is 2.24. The summed E-state index contributed by atoms with van der Waals surface area (Å²) in [6, 6.07) is 8.03. The van der Waals surface area contributed by atoms with Crippen molar-refractivity contribution in [1.82, 2.24) is 0 Å². The van der Waals surface area contributed by atoms with E-state index in [1.54, 1.807) is 0 Å². The minimum atomic E-state index is -0.340. The van der Waals surface area contributed by atoms with Crippen LogP contribution < -0.4 is 10.5 Å². The molecule has 0 bridgehead atoms. The average molecular weight is 412 g/mol. The SMILES string of the molecule is CCCCCCCCCCCCC(N)C(C)(C)Oc1ccc(Br)cc1. The molecule has 1 rings (SSSR count). The minimum absolute atomic E-state index is 0.0604. The average Bonchev–Trinajstić information content (AvgIpc) is 2.58. The quantitative estimate of drug-likeness (QED) is 0.327. The van der Waals surface area contributed by atoms with Gasteiger partial charge in [0.05, 0.1) is 0 Å². The summed E-state index contributed by atoms with van der Waals surface area (Å²) < 4.78 is 7.18. The second-order valence-corrected chi connectivity index (χ2v) is 8.65. The first-order valence-corrected chi connectivity index (χ1v) is 10.9. The number of hydrogen-bond donors (Lipinski definition) is 1. The molecule has 0 radical (unpaired) electrons. The van der Waals surface area contributed by atoms with Crippen LogP contribution in [0, 0.1) is 0 Å². The lowest BCUT2D eigenvalue weighted by Crippen LogP contribution is -2.47. The molecule has 1 aromatic carbocycles. The highest BCUT2D eigenvalue weighted by Gasteiger charge is 2.28. The molecule has 25 heavy (non-hydrogen) atoms. The number of halogens is 1. The van der Waals surface area contributed by atoms with Crippen molar-refractivity contribution in [3.05, 3.63) is 28.7 Å². The summed E-state index contributed by atoms with van der Waals surface area (Å²) in [7, 11) is 0. The topological polar surface area (TPSA) is 35.2 Å². The number of hydrogen-bond acceptors (Lipinski definition) is 2. The monoisotopic (exact) mass is 411 g/mol. The molecule has 0 saturated carbocycles. The molecule has 0 aromatic heterocycles. The molecule has 0 aliphatic rings. The molecule has 1 atom stereocenters. The van der Waals surface area contributed by atoms with Crippen molar-refractivity contribution < 1.29 is 4.74 Å². The second-order valence-electron chi connectivity index (χ2n) is 7.74. The third kappa shape index (κ3) is 10.3. The normalized spacial score (nSPS) is 13.0. The van der Waals surface area contributed by atoms with Crippen molar-refractivity contribution in [2.45, 2.75) is 103 Å². The molecular weight excluding hydrogens is 374 g/mol. The van der Waals surface area contributed by atoms with Crippen molar-refractivity contribution in [3.63, 3.8) is 0 Å². The van der Waals surface area contributed by atoms with Gasteiger partial charge in [-0.05, 0) is 44.5 Å². The van der Waals surface area contributed by atoms with Crippen LogP contribution in [0.15, 0.2) is 28.7 Å². The van der Waals surface area contributed by atoms with Gasteiger partial charge in [-0.15, -0.1) is 0 Å². The van der Waals surface area contributed by atoms with Gasteiger partial charge in [0.25, 0.3) is 0 Å². The van der Waals surface area contributed by atoms with Crippen LogP contribution in [-0.4, -0.2) is 11.6 Å². The number of rotatable bonds is 14. The molecule has 144 valence electrons. The summed E-state index contributed by atoms with van der Waals surface area (Å²) in [5, 5.41) is 0. The summed E-state index contributed by atoms with van der Waals surface area (Å²) in [6.07, 6.45) is 14.6. The lowest BCUT2D eigenvalue weighted by molar-refractivity contribution is 0.0752. The predicted molar refractivity (Wildman–Crippen MR) is 113 cm³/mol. The smallest absolute Gasteiger partial charge is 0.120 e. The summed E-state index contributed by atoms with van der Waals surface area (Å²) in [5.74, 6) is 0.881. The third-order valence-corrected chi connectivity index (χ3v) is 5.48. The summed E-state index contributed by atoms with van der Waals surface area (Å²) in [5.41, 5.74) is 6.06. The Morgan fingerprint density at radius 2 is 1.36 bits per heavy atom. The first-order valence-electron chi connectivity index (χ1n) is 10.2. The van der Waals surface area contributed by atoms with E-state index in [9.17, 15) is 0 Å². The highest BCUT2D eigenvalue weighted by atomic mass is 79.9. The molecule has 0 amide bonds. The van der Waals surface area contributed by atoms with Gasteiger partial charge >= 0.3 is 0 Å². The molecule has 0 saturated heterocycles. The zero-order valence-corrected chi connectivity index (χ0v) is 18.1. The Labute approximate surface area is 164 Å². The van der Waals surface area contributed by atoms with Gasteiger partial charge < -0.3 is 10.5 Å². The molecule has 0 aliphatic carbocycles. The summed E-state index contributed by atoms with van der Waals surface area (Å²) in [6.45, 7) is 6.46. The number of benzene rings is 1. The van der Waals surface area contributed by atoms with Crippen LogP contribution in [0.4, 0.5) is 0 Å². The van der Waals surface area contributed by atoms with E-state index in [0.29, 0.717) is 0 Å². The molecule has 2 nitrogen and oxygen atoms in total. The largest absolute Gasteiger partial charge is 0.486 e. The molecule has 0 spiro atoms. The van der Waals surface area contributed by atoms with E-state index in [4.69, 9.17) is 10.5 Å². The van der Waals surface area contributed by atoms with Crippen molar-refractivity contribution in [2.24, 2.45) is 5.73 Å². The van der Waals surface area contributed by atoms with E-state index in [-0.39, 0.29) is 11.6 Å². The molecule has 0 aliphatic heterocycles. The van der Waals surface area contributed by atoms with Crippen molar-refractivity contribution in [1.29, 1.82) is 0 Å². The van der Waals surface area contributed by atoms with Crippen LogP contribution in [0.25, 0.3) is 0 Å². The minimum Gasteiger partial charge on any atom is -0.486 e. The molecule has 0 heterocycles. The van der Waals surface area contributed by atoms with E-state index < -0.39 is 0 Å². The van der Waals surface area contributed by atoms with Gasteiger partial charge in [-0.3, -0.25) is 0 Å². The maximum Gasteiger partial charge on any atom is 0.120 e. The van der Waals surface area contributed by atoms with Gasteiger partial charge in [0.2, 0.25) is 0 Å². The van der Waals surface area contributed by atoms with Gasteiger partial charge in [0.1, 0.15) is 11.4 Å². The fourth-order valence-corrected chi connectivity index (χ4v) is 3.35. The molecule has 2 N–H and O–H groups in total. The molecular formula is C22H38BrNO. The standard InChI is InChI=1S/C22H38BrNO/c1-4-5-6-7-8-9-10-11-12-13-14-21(24)22(2,3)25-20-17-15-19(23)16-18-20/h15-18,21H,4-14,24H2,1-3H3. The maximum atomic E-state index is 6.40. The maximum absolute atomic E-state index is 6.40. The lowest BCUT2D eigenvalue weighted by atomic mass is 9.93. The highest BCUT2D eigenvalue weighted by molar-refractivity contribution is 9.10. The van der Waals surface area contributed by atoms with Gasteiger partial charge in [-0.2, -0.15) is 0 Å². The lowest BCUT2D eigenvalue weighted by Gasteiger charge is -2.32. The Kier molecular flexibility index (Phi) is 11.5. The Morgan fingerprint density at radius 1 is 0.880 bits per heavy atom. The van der Waals surface area contributed by atoms with Gasteiger partial charge in [-0.1, -0.05) is 87.1 Å². The first-order chi connectivity index (χ1) is 12.0. The van der Waals surface area contributed by atoms with Crippen LogP contribution in [-0.2, 0) is 0 Å².